The summed E-state index contributed by atoms with van der Waals surface area (Å²) in [6.45, 7) is 2.04. The lowest BCUT2D eigenvalue weighted by Crippen LogP contribution is -2.25. The van der Waals surface area contributed by atoms with Crippen molar-refractivity contribution in [3.05, 3.63) is 113 Å². The minimum absolute atomic E-state index is 0.114. The Kier molecular flexibility index (Phi) is 9.85. The summed E-state index contributed by atoms with van der Waals surface area (Å²) in [5.74, 6) is -8.46. The van der Waals surface area contributed by atoms with Gasteiger partial charge < -0.3 is 4.74 Å². The third-order valence-electron chi connectivity index (χ3n) is 7.27. The third kappa shape index (κ3) is 7.77. The number of hydrogen-bond donors (Lipinski definition) is 0. The van der Waals surface area contributed by atoms with Gasteiger partial charge in [-0.25, -0.2) is 36.3 Å². The Hall–Kier alpha value is -5.19. The number of aryl methyl sites for hydroxylation is 1. The Morgan fingerprint density at radius 2 is 1.37 bits per heavy atom. The van der Waals surface area contributed by atoms with E-state index in [1.807, 2.05) is 6.92 Å². The second kappa shape index (κ2) is 13.7. The fraction of sp³-hybridized carbons (Fsp3) is 0.200. The fourth-order valence-electron chi connectivity index (χ4n) is 5.00. The molecule has 49 heavy (non-hydrogen) atoms. The first-order valence-corrected chi connectivity index (χ1v) is 14.5. The van der Waals surface area contributed by atoms with Gasteiger partial charge in [0, 0.05) is 35.5 Å². The molecule has 5 rings (SSSR count). The van der Waals surface area contributed by atoms with Crippen LogP contribution in [0.3, 0.4) is 0 Å². The van der Waals surface area contributed by atoms with Crippen LogP contribution in [0.15, 0.2) is 60.9 Å². The van der Waals surface area contributed by atoms with Gasteiger partial charge in [0.2, 0.25) is 0 Å². The molecule has 0 aliphatic heterocycles. The number of alkyl halides is 5. The maximum absolute atomic E-state index is 15.1. The number of halogens is 11. The van der Waals surface area contributed by atoms with Crippen molar-refractivity contribution >= 4 is 10.8 Å². The molecule has 0 amide bonds. The predicted octanol–water partition coefficient (Wildman–Crippen LogP) is 10.6. The second-order valence-electron chi connectivity index (χ2n) is 10.8. The van der Waals surface area contributed by atoms with Gasteiger partial charge in [-0.1, -0.05) is 25.7 Å². The Bertz CT molecular complexity index is 2080. The number of hydrogen-bond acceptors (Lipinski definition) is 3. The lowest BCUT2D eigenvalue weighted by Gasteiger charge is -2.20. The van der Waals surface area contributed by atoms with Crippen LogP contribution in [-0.2, 0) is 12.5 Å². The molecule has 14 heteroatoms. The molecule has 1 heterocycles. The molecule has 0 aliphatic carbocycles. The summed E-state index contributed by atoms with van der Waals surface area (Å²) in [6.07, 6.45) is -3.26. The van der Waals surface area contributed by atoms with Crippen molar-refractivity contribution in [1.29, 1.82) is 0 Å². The lowest BCUT2D eigenvalue weighted by atomic mass is 9.98. The van der Waals surface area contributed by atoms with Gasteiger partial charge in [0.25, 0.3) is 0 Å². The Labute approximate surface area is 271 Å². The van der Waals surface area contributed by atoms with E-state index in [1.54, 1.807) is 0 Å². The predicted molar refractivity (Wildman–Crippen MR) is 157 cm³/mol. The topological polar surface area (TPSA) is 35.0 Å². The zero-order chi connectivity index (χ0) is 35.7. The maximum Gasteiger partial charge on any atom is 0.458 e. The minimum Gasteiger partial charge on any atom is -0.429 e. The van der Waals surface area contributed by atoms with E-state index in [-0.39, 0.29) is 17.0 Å². The number of rotatable bonds is 9. The van der Waals surface area contributed by atoms with Gasteiger partial charge in [-0.3, -0.25) is 0 Å². The number of fused-ring (bicyclic) bond motifs is 1. The molecule has 0 fully saturated rings. The Morgan fingerprint density at radius 3 is 1.98 bits per heavy atom. The highest BCUT2D eigenvalue weighted by Gasteiger charge is 2.41. The van der Waals surface area contributed by atoms with E-state index in [1.165, 1.54) is 18.3 Å². The van der Waals surface area contributed by atoms with Crippen LogP contribution >= 0.6 is 0 Å². The van der Waals surface area contributed by atoms with Gasteiger partial charge in [-0.05, 0) is 71.8 Å². The SMILES string of the molecule is CCCCCc1cnc(-c2cc(F)c(C(F)(F)Oc3ccc(-c4cc(F)c5c(F)c(C#CC(F)(F)F)c(F)cc5c4)c(F)c3)c(F)c2)nc1. The highest BCUT2D eigenvalue weighted by molar-refractivity contribution is 5.90. The zero-order valence-electron chi connectivity index (χ0n) is 25.1. The Balaban J connectivity index is 1.40. The first-order valence-electron chi connectivity index (χ1n) is 14.5. The standard InChI is InChI=1S/C35H21F11N2O/c1-2-3-4-5-18-16-47-33(48-17-18)21-13-28(39)31(29(40)14-21)35(45,46)49-22-6-7-23(26(37)15-22)19-10-20-12-25(36)24(8-9-34(42,43)44)32(41)30(20)27(38)11-19/h6-7,10-17H,2-5H2,1H3. The van der Waals surface area contributed by atoms with Gasteiger partial charge in [0.1, 0.15) is 40.4 Å². The number of nitrogens with zero attached hydrogens (tertiary/aromatic N) is 2. The van der Waals surface area contributed by atoms with Crippen LogP contribution in [0.5, 0.6) is 5.75 Å². The van der Waals surface area contributed by atoms with Crippen LogP contribution in [0.25, 0.3) is 33.3 Å². The monoisotopic (exact) mass is 694 g/mol. The summed E-state index contributed by atoms with van der Waals surface area (Å²) in [4.78, 5) is 8.11. The molecule has 0 unspecified atom stereocenters. The molecule has 0 atom stereocenters. The largest absolute Gasteiger partial charge is 0.458 e. The first-order chi connectivity index (χ1) is 23.1. The molecule has 3 nitrogen and oxygen atoms in total. The van der Waals surface area contributed by atoms with Crippen molar-refractivity contribution in [3.8, 4) is 40.1 Å². The van der Waals surface area contributed by atoms with Crippen molar-refractivity contribution in [1.82, 2.24) is 9.97 Å². The highest BCUT2D eigenvalue weighted by Crippen LogP contribution is 2.39. The normalized spacial score (nSPS) is 11.8. The first kappa shape index (κ1) is 35.1. The smallest absolute Gasteiger partial charge is 0.429 e. The van der Waals surface area contributed by atoms with Gasteiger partial charge in [-0.15, -0.1) is 0 Å². The van der Waals surface area contributed by atoms with Crippen molar-refractivity contribution in [2.45, 2.75) is 44.9 Å². The van der Waals surface area contributed by atoms with Crippen molar-refractivity contribution < 1.29 is 53.0 Å². The van der Waals surface area contributed by atoms with E-state index < -0.39 is 80.4 Å². The molecular formula is C35H21F11N2O. The summed E-state index contributed by atoms with van der Waals surface area (Å²) in [5, 5.41) is -1.45. The van der Waals surface area contributed by atoms with Gasteiger partial charge in [0.05, 0.1) is 10.9 Å². The molecule has 5 aromatic rings. The summed E-state index contributed by atoms with van der Waals surface area (Å²) < 4.78 is 161. The minimum atomic E-state index is -5.09. The summed E-state index contributed by atoms with van der Waals surface area (Å²) in [6, 6.07) is 5.16. The molecule has 1 aromatic heterocycles. The summed E-state index contributed by atoms with van der Waals surface area (Å²) in [7, 11) is 0. The van der Waals surface area contributed by atoms with E-state index >= 15 is 13.2 Å². The van der Waals surface area contributed by atoms with Crippen LogP contribution in [0, 0.1) is 46.7 Å². The molecule has 0 N–H and O–H groups in total. The van der Waals surface area contributed by atoms with E-state index in [4.69, 9.17) is 0 Å². The molecule has 4 aromatic carbocycles. The maximum atomic E-state index is 15.1. The molecule has 0 radical (unpaired) electrons. The molecule has 0 spiro atoms. The van der Waals surface area contributed by atoms with Crippen molar-refractivity contribution in [3.63, 3.8) is 0 Å². The molecule has 254 valence electrons. The van der Waals surface area contributed by atoms with E-state index in [0.717, 1.165) is 43.0 Å². The molecular weight excluding hydrogens is 673 g/mol. The zero-order valence-corrected chi connectivity index (χ0v) is 25.1. The lowest BCUT2D eigenvalue weighted by molar-refractivity contribution is -0.189. The van der Waals surface area contributed by atoms with E-state index in [0.29, 0.717) is 42.7 Å². The van der Waals surface area contributed by atoms with Crippen LogP contribution < -0.4 is 4.74 Å². The molecule has 0 bridgehead atoms. The summed E-state index contributed by atoms with van der Waals surface area (Å²) >= 11 is 0. The highest BCUT2D eigenvalue weighted by atomic mass is 19.4. The number of ether oxygens (including phenoxy) is 1. The van der Waals surface area contributed by atoms with Crippen molar-refractivity contribution in [2.75, 3.05) is 0 Å². The van der Waals surface area contributed by atoms with E-state index in [9.17, 15) is 35.1 Å². The van der Waals surface area contributed by atoms with Crippen LogP contribution in [-0.4, -0.2) is 16.1 Å². The van der Waals surface area contributed by atoms with Crippen LogP contribution in [0.4, 0.5) is 48.3 Å². The number of benzene rings is 4. The Morgan fingerprint density at radius 1 is 0.714 bits per heavy atom. The van der Waals surface area contributed by atoms with Gasteiger partial charge in [0.15, 0.2) is 11.6 Å². The van der Waals surface area contributed by atoms with Gasteiger partial charge in [-0.2, -0.15) is 22.0 Å². The quantitative estimate of drug-likeness (QED) is 0.0875. The molecule has 0 aliphatic rings. The molecule has 0 saturated heterocycles. The molecule has 0 saturated carbocycles. The van der Waals surface area contributed by atoms with Crippen molar-refractivity contribution in [2.24, 2.45) is 0 Å². The average molecular weight is 695 g/mol. The van der Waals surface area contributed by atoms with E-state index in [2.05, 4.69) is 14.7 Å². The van der Waals surface area contributed by atoms with Crippen LogP contribution in [0.2, 0.25) is 0 Å². The van der Waals surface area contributed by atoms with Crippen LogP contribution in [0.1, 0.15) is 42.9 Å². The average Bonchev–Trinajstić information content (AvgIpc) is 2.99. The third-order valence-corrected chi connectivity index (χ3v) is 7.27. The number of aromatic nitrogens is 2. The number of unbranched alkanes of at least 4 members (excludes halogenated alkanes) is 2. The summed E-state index contributed by atoms with van der Waals surface area (Å²) in [5.41, 5.74) is -3.38. The second-order valence-corrected chi connectivity index (χ2v) is 10.8. The van der Waals surface area contributed by atoms with Gasteiger partial charge >= 0.3 is 12.3 Å². The fourth-order valence-corrected chi connectivity index (χ4v) is 5.00.